The van der Waals surface area contributed by atoms with E-state index in [0.717, 1.165) is 0 Å². The quantitative estimate of drug-likeness (QED) is 0.671. The highest BCUT2D eigenvalue weighted by atomic mass is 16.5. The molecule has 2 rings (SSSR count). The normalized spacial score (nSPS) is 9.95. The SMILES string of the molecule is COc1cccc(COC(=O)c2ccccc2N)n1. The smallest absolute Gasteiger partial charge is 0.340 e. The number of hydrogen-bond donors (Lipinski definition) is 1. The molecule has 0 fully saturated rings. The van der Waals surface area contributed by atoms with Gasteiger partial charge in [-0.05, 0) is 18.2 Å². The van der Waals surface area contributed by atoms with Crippen LogP contribution in [0.5, 0.6) is 5.88 Å². The van der Waals surface area contributed by atoms with Crippen molar-refractivity contribution < 1.29 is 14.3 Å². The highest BCUT2D eigenvalue weighted by Crippen LogP contribution is 2.13. The highest BCUT2D eigenvalue weighted by Gasteiger charge is 2.10. The number of rotatable bonds is 4. The zero-order valence-electron chi connectivity index (χ0n) is 10.5. The Morgan fingerprint density at radius 1 is 1.21 bits per heavy atom. The van der Waals surface area contributed by atoms with E-state index in [1.54, 1.807) is 42.5 Å². The Bertz CT molecular complexity index is 584. The van der Waals surface area contributed by atoms with Gasteiger partial charge in [0.05, 0.1) is 18.4 Å². The van der Waals surface area contributed by atoms with Crippen LogP contribution in [0.25, 0.3) is 0 Å². The van der Waals surface area contributed by atoms with Gasteiger partial charge in [-0.25, -0.2) is 9.78 Å². The van der Waals surface area contributed by atoms with Crippen molar-refractivity contribution in [3.8, 4) is 5.88 Å². The molecule has 19 heavy (non-hydrogen) atoms. The van der Waals surface area contributed by atoms with Gasteiger partial charge in [0.1, 0.15) is 6.61 Å². The van der Waals surface area contributed by atoms with E-state index in [1.807, 2.05) is 0 Å². The zero-order valence-corrected chi connectivity index (χ0v) is 10.5. The molecule has 5 nitrogen and oxygen atoms in total. The summed E-state index contributed by atoms with van der Waals surface area (Å²) in [6, 6.07) is 12.0. The molecule has 0 saturated heterocycles. The highest BCUT2D eigenvalue weighted by molar-refractivity contribution is 5.94. The van der Waals surface area contributed by atoms with Gasteiger partial charge in [-0.3, -0.25) is 0 Å². The van der Waals surface area contributed by atoms with E-state index in [0.29, 0.717) is 22.8 Å². The number of benzene rings is 1. The summed E-state index contributed by atoms with van der Waals surface area (Å²) >= 11 is 0. The number of hydrogen-bond acceptors (Lipinski definition) is 5. The molecule has 1 aromatic heterocycles. The summed E-state index contributed by atoms with van der Waals surface area (Å²) in [5.74, 6) is 0.00972. The molecule has 0 aliphatic carbocycles. The van der Waals surface area contributed by atoms with Crippen molar-refractivity contribution in [3.63, 3.8) is 0 Å². The molecule has 0 amide bonds. The topological polar surface area (TPSA) is 74.4 Å². The summed E-state index contributed by atoms with van der Waals surface area (Å²) in [6.45, 7) is 0.0738. The van der Waals surface area contributed by atoms with E-state index in [-0.39, 0.29) is 6.61 Å². The monoisotopic (exact) mass is 258 g/mol. The van der Waals surface area contributed by atoms with Crippen LogP contribution in [-0.2, 0) is 11.3 Å². The number of carbonyl (C=O) groups is 1. The van der Waals surface area contributed by atoms with Gasteiger partial charge in [-0.2, -0.15) is 0 Å². The Labute approximate surface area is 111 Å². The molecule has 0 bridgehead atoms. The number of ether oxygens (including phenoxy) is 2. The first kappa shape index (κ1) is 12.9. The van der Waals surface area contributed by atoms with Crippen LogP contribution in [0.4, 0.5) is 5.69 Å². The van der Waals surface area contributed by atoms with Crippen molar-refractivity contribution in [1.29, 1.82) is 0 Å². The summed E-state index contributed by atoms with van der Waals surface area (Å²) in [7, 11) is 1.53. The van der Waals surface area contributed by atoms with Crippen molar-refractivity contribution in [2.24, 2.45) is 0 Å². The number of para-hydroxylation sites is 1. The maximum Gasteiger partial charge on any atom is 0.340 e. The van der Waals surface area contributed by atoms with Crippen molar-refractivity contribution in [2.45, 2.75) is 6.61 Å². The van der Waals surface area contributed by atoms with Gasteiger partial charge < -0.3 is 15.2 Å². The summed E-state index contributed by atoms with van der Waals surface area (Å²) in [5.41, 5.74) is 7.06. The van der Waals surface area contributed by atoms with E-state index >= 15 is 0 Å². The molecular weight excluding hydrogens is 244 g/mol. The molecule has 98 valence electrons. The number of anilines is 1. The number of methoxy groups -OCH3 is 1. The van der Waals surface area contributed by atoms with Crippen LogP contribution in [0.15, 0.2) is 42.5 Å². The summed E-state index contributed by atoms with van der Waals surface area (Å²) in [5, 5.41) is 0. The molecule has 1 aromatic carbocycles. The Hall–Kier alpha value is -2.56. The third-order valence-corrected chi connectivity index (χ3v) is 2.52. The average Bonchev–Trinajstić information content (AvgIpc) is 2.45. The first-order valence-corrected chi connectivity index (χ1v) is 5.72. The van der Waals surface area contributed by atoms with Gasteiger partial charge >= 0.3 is 5.97 Å². The van der Waals surface area contributed by atoms with Crippen LogP contribution in [-0.4, -0.2) is 18.1 Å². The molecule has 0 aliphatic rings. The lowest BCUT2D eigenvalue weighted by Crippen LogP contribution is -2.08. The molecule has 0 atom stereocenters. The Morgan fingerprint density at radius 3 is 2.74 bits per heavy atom. The lowest BCUT2D eigenvalue weighted by molar-refractivity contribution is 0.0468. The van der Waals surface area contributed by atoms with Gasteiger partial charge in [-0.15, -0.1) is 0 Å². The van der Waals surface area contributed by atoms with Crippen LogP contribution in [0.3, 0.4) is 0 Å². The molecule has 5 heteroatoms. The lowest BCUT2D eigenvalue weighted by Gasteiger charge is -2.07. The Morgan fingerprint density at radius 2 is 2.00 bits per heavy atom. The van der Waals surface area contributed by atoms with Gasteiger partial charge in [-0.1, -0.05) is 18.2 Å². The van der Waals surface area contributed by atoms with Gasteiger partial charge in [0.15, 0.2) is 0 Å². The van der Waals surface area contributed by atoms with Gasteiger partial charge in [0.25, 0.3) is 0 Å². The first-order chi connectivity index (χ1) is 9.20. The number of pyridine rings is 1. The Kier molecular flexibility index (Phi) is 3.97. The zero-order chi connectivity index (χ0) is 13.7. The van der Waals surface area contributed by atoms with Crippen LogP contribution >= 0.6 is 0 Å². The molecular formula is C14H14N2O3. The minimum Gasteiger partial charge on any atom is -0.481 e. The maximum atomic E-state index is 11.8. The average molecular weight is 258 g/mol. The fourth-order valence-electron chi connectivity index (χ4n) is 1.55. The molecule has 0 saturated carbocycles. The number of esters is 1. The summed E-state index contributed by atoms with van der Waals surface area (Å²) < 4.78 is 10.2. The van der Waals surface area contributed by atoms with Crippen LogP contribution in [0.2, 0.25) is 0 Å². The van der Waals surface area contributed by atoms with E-state index in [4.69, 9.17) is 15.2 Å². The van der Waals surface area contributed by atoms with E-state index in [9.17, 15) is 4.79 Å². The van der Waals surface area contributed by atoms with Crippen LogP contribution < -0.4 is 10.5 Å². The van der Waals surface area contributed by atoms with Crippen LogP contribution in [0, 0.1) is 0 Å². The predicted octanol–water partition coefficient (Wildman–Crippen LogP) is 2.03. The molecule has 0 aliphatic heterocycles. The summed E-state index contributed by atoms with van der Waals surface area (Å²) in [6.07, 6.45) is 0. The third kappa shape index (κ3) is 3.22. The largest absolute Gasteiger partial charge is 0.481 e. The second-order valence-electron chi connectivity index (χ2n) is 3.83. The number of nitrogens with zero attached hydrogens (tertiary/aromatic N) is 1. The van der Waals surface area contributed by atoms with Crippen molar-refractivity contribution in [1.82, 2.24) is 4.98 Å². The van der Waals surface area contributed by atoms with E-state index in [2.05, 4.69) is 4.98 Å². The van der Waals surface area contributed by atoms with Crippen molar-refractivity contribution in [2.75, 3.05) is 12.8 Å². The van der Waals surface area contributed by atoms with E-state index in [1.165, 1.54) is 7.11 Å². The van der Waals surface area contributed by atoms with Gasteiger partial charge in [0.2, 0.25) is 5.88 Å². The third-order valence-electron chi connectivity index (χ3n) is 2.52. The molecule has 0 unspecified atom stereocenters. The van der Waals surface area contributed by atoms with Crippen LogP contribution in [0.1, 0.15) is 16.1 Å². The second kappa shape index (κ2) is 5.86. The number of carbonyl (C=O) groups excluding carboxylic acids is 1. The predicted molar refractivity (Wildman–Crippen MR) is 70.8 cm³/mol. The molecule has 2 N–H and O–H groups in total. The molecule has 0 spiro atoms. The van der Waals surface area contributed by atoms with Crippen molar-refractivity contribution >= 4 is 11.7 Å². The number of nitrogens with two attached hydrogens (primary N) is 1. The van der Waals surface area contributed by atoms with E-state index < -0.39 is 5.97 Å². The minimum atomic E-state index is -0.470. The molecule has 1 heterocycles. The fraction of sp³-hybridized carbons (Fsp3) is 0.143. The molecule has 2 aromatic rings. The lowest BCUT2D eigenvalue weighted by atomic mass is 10.2. The molecule has 0 radical (unpaired) electrons. The minimum absolute atomic E-state index is 0.0738. The Balaban J connectivity index is 2.02. The van der Waals surface area contributed by atoms with Crippen molar-refractivity contribution in [3.05, 3.63) is 53.7 Å². The first-order valence-electron chi connectivity index (χ1n) is 5.72. The standard InChI is InChI=1S/C14H14N2O3/c1-18-13-8-4-5-10(16-13)9-19-14(17)11-6-2-3-7-12(11)15/h2-8H,9,15H2,1H3. The number of nitrogen functional groups attached to an aromatic ring is 1. The fourth-order valence-corrected chi connectivity index (χ4v) is 1.55. The summed E-state index contributed by atoms with van der Waals surface area (Å²) in [4.78, 5) is 16.0. The second-order valence-corrected chi connectivity index (χ2v) is 3.83. The van der Waals surface area contributed by atoms with Gasteiger partial charge in [0, 0.05) is 11.8 Å². The maximum absolute atomic E-state index is 11.8. The number of aromatic nitrogens is 1.